The van der Waals surface area contributed by atoms with E-state index in [2.05, 4.69) is 77.0 Å². The van der Waals surface area contributed by atoms with Crippen LogP contribution in [0.4, 0.5) is 5.69 Å². The normalized spacial score (nSPS) is 18.3. The molecule has 4 atom stereocenters. The third-order valence-electron chi connectivity index (χ3n) is 11.9. The monoisotopic (exact) mass is 839 g/mol. The number of benzene rings is 3. The van der Waals surface area contributed by atoms with E-state index in [0.29, 0.717) is 13.1 Å². The summed E-state index contributed by atoms with van der Waals surface area (Å²) in [5.74, 6) is -0.967. The lowest BCUT2D eigenvalue weighted by molar-refractivity contribution is -0.144. The van der Waals surface area contributed by atoms with E-state index in [1.54, 1.807) is 17.5 Å². The number of aryl methyl sites for hydroxylation is 1. The molecule has 5 heterocycles. The zero-order valence-corrected chi connectivity index (χ0v) is 36.1. The topological polar surface area (TPSA) is 160 Å². The first-order chi connectivity index (χ1) is 29.3. The fourth-order valence-electron chi connectivity index (χ4n) is 8.41. The smallest absolute Gasteiger partial charge is 0.246 e. The van der Waals surface area contributed by atoms with Crippen LogP contribution in [0.3, 0.4) is 0 Å². The molecule has 2 aliphatic rings. The Balaban J connectivity index is 0.848. The van der Waals surface area contributed by atoms with E-state index in [1.807, 2.05) is 88.8 Å². The van der Waals surface area contributed by atoms with Gasteiger partial charge in [0.25, 0.3) is 0 Å². The van der Waals surface area contributed by atoms with Crippen LogP contribution in [0.2, 0.25) is 0 Å². The SMILES string of the molecule is Cc1ncsc1-c1ccc([C@H](C)NC(=O)[C@@H]2C[C@@H](O)CN2C(=O)[C@@H](NC(=O)CN2CCN(c3ccc(-c4cnnc(-c5cccc6cc[nH]c56)c4)cc3)CC2)C(C)(C)C)cc1. The number of piperazine rings is 1. The highest BCUT2D eigenvalue weighted by atomic mass is 32.1. The fourth-order valence-corrected chi connectivity index (χ4v) is 9.22. The van der Waals surface area contributed by atoms with E-state index < -0.39 is 23.6 Å². The molecular formula is C47H53N9O4S. The van der Waals surface area contributed by atoms with Crippen molar-refractivity contribution in [1.29, 1.82) is 0 Å². The van der Waals surface area contributed by atoms with E-state index in [9.17, 15) is 19.5 Å². The van der Waals surface area contributed by atoms with Gasteiger partial charge in [0.05, 0.1) is 52.2 Å². The highest BCUT2D eigenvalue weighted by molar-refractivity contribution is 7.13. The number of carbonyl (C=O) groups excluding carboxylic acids is 3. The van der Waals surface area contributed by atoms with Crippen LogP contribution in [0.15, 0.2) is 96.8 Å². The molecule has 0 aliphatic carbocycles. The van der Waals surface area contributed by atoms with E-state index >= 15 is 0 Å². The zero-order chi connectivity index (χ0) is 42.8. The van der Waals surface area contributed by atoms with Crippen molar-refractivity contribution in [2.45, 2.75) is 65.3 Å². The third kappa shape index (κ3) is 9.21. The Morgan fingerprint density at radius 3 is 2.38 bits per heavy atom. The van der Waals surface area contributed by atoms with Crippen LogP contribution in [0, 0.1) is 12.3 Å². The van der Waals surface area contributed by atoms with E-state index in [4.69, 9.17) is 0 Å². The molecule has 2 saturated heterocycles. The predicted octanol–water partition coefficient (Wildman–Crippen LogP) is 6.22. The van der Waals surface area contributed by atoms with Gasteiger partial charge in [0.15, 0.2) is 0 Å². The maximum Gasteiger partial charge on any atom is 0.246 e. The number of aliphatic hydroxyl groups is 1. The number of aromatic nitrogens is 4. The number of aliphatic hydroxyl groups excluding tert-OH is 1. The molecule has 61 heavy (non-hydrogen) atoms. The minimum Gasteiger partial charge on any atom is -0.391 e. The first-order valence-corrected chi connectivity index (χ1v) is 21.8. The molecule has 3 amide bonds. The molecule has 0 bridgehead atoms. The number of para-hydroxylation sites is 1. The maximum atomic E-state index is 14.2. The van der Waals surface area contributed by atoms with Gasteiger partial charge in [-0.2, -0.15) is 10.2 Å². The number of anilines is 1. The van der Waals surface area contributed by atoms with Crippen LogP contribution >= 0.6 is 11.3 Å². The maximum absolute atomic E-state index is 14.2. The minimum absolute atomic E-state index is 0.0188. The number of fused-ring (bicyclic) bond motifs is 1. The molecule has 14 heteroatoms. The van der Waals surface area contributed by atoms with E-state index in [0.717, 1.165) is 73.8 Å². The lowest BCUT2D eigenvalue weighted by atomic mass is 9.85. The average Bonchev–Trinajstić information content (AvgIpc) is 4.02. The van der Waals surface area contributed by atoms with Gasteiger partial charge < -0.3 is 30.5 Å². The largest absolute Gasteiger partial charge is 0.391 e. The number of β-amino-alcohol motifs (C(OH)–C–C–N with tert-alkyl or cyclic N) is 1. The lowest BCUT2D eigenvalue weighted by Crippen LogP contribution is -2.59. The first kappa shape index (κ1) is 41.8. The molecule has 13 nitrogen and oxygen atoms in total. The molecule has 3 aromatic carbocycles. The summed E-state index contributed by atoms with van der Waals surface area (Å²) in [7, 11) is 0. The molecule has 0 spiro atoms. The number of rotatable bonds is 11. The van der Waals surface area contributed by atoms with Crippen LogP contribution in [0.25, 0.3) is 43.7 Å². The summed E-state index contributed by atoms with van der Waals surface area (Å²) in [6, 6.07) is 24.6. The summed E-state index contributed by atoms with van der Waals surface area (Å²) in [6.07, 6.45) is 2.99. The highest BCUT2D eigenvalue weighted by Crippen LogP contribution is 2.32. The van der Waals surface area contributed by atoms with Crippen LogP contribution in [-0.4, -0.2) is 110 Å². The molecule has 8 rings (SSSR count). The number of amides is 3. The molecule has 2 aliphatic heterocycles. The molecule has 3 aromatic heterocycles. The van der Waals surface area contributed by atoms with Crippen molar-refractivity contribution in [3.63, 3.8) is 0 Å². The number of nitrogens with one attached hydrogen (secondary N) is 3. The Morgan fingerprint density at radius 2 is 1.67 bits per heavy atom. The molecular weight excluding hydrogens is 787 g/mol. The second-order valence-corrected chi connectivity index (χ2v) is 18.1. The van der Waals surface area contributed by atoms with Gasteiger partial charge in [0.2, 0.25) is 17.7 Å². The van der Waals surface area contributed by atoms with Crippen LogP contribution < -0.4 is 15.5 Å². The van der Waals surface area contributed by atoms with Crippen LogP contribution in [-0.2, 0) is 14.4 Å². The molecule has 0 saturated carbocycles. The standard InChI is InChI=1S/C47H53N9O4S/c1-29(31-9-11-34(12-10-31)43-30(2)49-28-61-43)51-45(59)40-24-37(57)26-56(40)46(60)44(47(3,4)5)52-41(58)27-54-19-21-55(22-20-54)36-15-13-32(14-16-36)35-23-39(53-50-25-35)38-8-6-7-33-17-18-48-42(33)38/h6-18,23,25,28-29,37,40,44,48,57H,19-22,24,26-27H2,1-5H3,(H,51,59)(H,52,58)/t29-,37+,40-,44+/m0/s1. The summed E-state index contributed by atoms with van der Waals surface area (Å²) in [5.41, 5.74) is 10.1. The third-order valence-corrected chi connectivity index (χ3v) is 12.9. The predicted molar refractivity (Wildman–Crippen MR) is 240 cm³/mol. The highest BCUT2D eigenvalue weighted by Gasteiger charge is 2.45. The van der Waals surface area contributed by atoms with Crippen molar-refractivity contribution in [1.82, 2.24) is 40.6 Å². The number of thiazole rings is 1. The molecule has 2 fully saturated rings. The first-order valence-electron chi connectivity index (χ1n) is 20.9. The number of carbonyl (C=O) groups is 3. The number of hydrogen-bond acceptors (Lipinski definition) is 10. The van der Waals surface area contributed by atoms with Gasteiger partial charge >= 0.3 is 0 Å². The van der Waals surface area contributed by atoms with Crippen molar-refractivity contribution >= 4 is 45.6 Å². The van der Waals surface area contributed by atoms with Gasteiger partial charge in [-0.3, -0.25) is 19.3 Å². The van der Waals surface area contributed by atoms with Gasteiger partial charge in [0.1, 0.15) is 12.1 Å². The molecule has 4 N–H and O–H groups in total. The van der Waals surface area contributed by atoms with Crippen LogP contribution in [0.1, 0.15) is 51.4 Å². The van der Waals surface area contributed by atoms with Crippen molar-refractivity contribution in [2.75, 3.05) is 44.2 Å². The number of hydrogen-bond donors (Lipinski definition) is 4. The van der Waals surface area contributed by atoms with Gasteiger partial charge in [-0.05, 0) is 60.2 Å². The van der Waals surface area contributed by atoms with Crippen molar-refractivity contribution in [3.8, 4) is 32.8 Å². The Morgan fingerprint density at radius 1 is 0.934 bits per heavy atom. The Hall–Kier alpha value is -5.96. The number of nitrogens with zero attached hydrogens (tertiary/aromatic N) is 6. The van der Waals surface area contributed by atoms with Gasteiger partial charge in [-0.25, -0.2) is 4.98 Å². The van der Waals surface area contributed by atoms with Gasteiger partial charge in [-0.1, -0.05) is 75.4 Å². The summed E-state index contributed by atoms with van der Waals surface area (Å²) in [6.45, 7) is 12.6. The zero-order valence-electron chi connectivity index (χ0n) is 35.3. The van der Waals surface area contributed by atoms with Crippen molar-refractivity contribution in [2.24, 2.45) is 5.41 Å². The van der Waals surface area contributed by atoms with E-state index in [-0.39, 0.29) is 43.3 Å². The molecule has 0 radical (unpaired) electrons. The number of H-pyrrole nitrogens is 1. The number of aromatic amines is 1. The summed E-state index contributed by atoms with van der Waals surface area (Å²) in [4.78, 5) is 56.2. The summed E-state index contributed by atoms with van der Waals surface area (Å²) >= 11 is 1.59. The van der Waals surface area contributed by atoms with Gasteiger partial charge in [0, 0.05) is 67.5 Å². The molecule has 0 unspecified atom stereocenters. The second-order valence-electron chi connectivity index (χ2n) is 17.3. The fraction of sp³-hybridized carbons (Fsp3) is 0.362. The molecule has 316 valence electrons. The quantitative estimate of drug-likeness (QED) is 0.119. The number of likely N-dealkylation sites (tertiary alicyclic amines) is 1. The minimum atomic E-state index is -0.894. The van der Waals surface area contributed by atoms with Gasteiger partial charge in [-0.15, -0.1) is 11.3 Å². The van der Waals surface area contributed by atoms with Crippen molar-refractivity contribution in [3.05, 3.63) is 108 Å². The second kappa shape index (κ2) is 17.6. The summed E-state index contributed by atoms with van der Waals surface area (Å²) in [5, 5.41) is 26.6. The molecule has 6 aromatic rings. The Kier molecular flexibility index (Phi) is 12.0. The Labute approximate surface area is 360 Å². The summed E-state index contributed by atoms with van der Waals surface area (Å²) < 4.78 is 0. The van der Waals surface area contributed by atoms with Crippen molar-refractivity contribution < 1.29 is 19.5 Å². The van der Waals surface area contributed by atoms with Crippen LogP contribution in [0.5, 0.6) is 0 Å². The Bertz CT molecular complexity index is 2500. The average molecular weight is 840 g/mol. The van der Waals surface area contributed by atoms with E-state index in [1.165, 1.54) is 4.90 Å². The lowest BCUT2D eigenvalue weighted by Gasteiger charge is -2.37.